The van der Waals surface area contributed by atoms with Gasteiger partial charge < -0.3 is 20.5 Å². The Bertz CT molecular complexity index is 770. The molecule has 2 saturated carbocycles. The lowest BCUT2D eigenvalue weighted by atomic mass is 10.1. The molecule has 116 valence electrons. The highest BCUT2D eigenvalue weighted by atomic mass is 16.3. The number of aliphatic hydroxyl groups is 2. The second-order valence-corrected chi connectivity index (χ2v) is 6.81. The predicted molar refractivity (Wildman–Crippen MR) is 84.1 cm³/mol. The van der Waals surface area contributed by atoms with E-state index in [9.17, 15) is 10.2 Å². The third kappa shape index (κ3) is 1.89. The predicted octanol–water partition coefficient (Wildman–Crippen LogP) is 1.94. The van der Waals surface area contributed by atoms with E-state index in [1.165, 1.54) is 0 Å². The van der Waals surface area contributed by atoms with Crippen molar-refractivity contribution in [2.45, 2.75) is 43.8 Å². The van der Waals surface area contributed by atoms with Crippen molar-refractivity contribution >= 4 is 5.82 Å². The number of pyridine rings is 1. The summed E-state index contributed by atoms with van der Waals surface area (Å²) in [6.07, 6.45) is 3.05. The molecule has 0 spiro atoms. The van der Waals surface area contributed by atoms with Crippen molar-refractivity contribution in [1.29, 1.82) is 0 Å². The highest BCUT2D eigenvalue weighted by Crippen LogP contribution is 2.49. The zero-order valence-corrected chi connectivity index (χ0v) is 12.9. The Balaban J connectivity index is 1.83. The van der Waals surface area contributed by atoms with Crippen LogP contribution in [-0.2, 0) is 18.2 Å². The van der Waals surface area contributed by atoms with Crippen LogP contribution in [0.15, 0.2) is 18.2 Å². The van der Waals surface area contributed by atoms with Gasteiger partial charge in [0.25, 0.3) is 0 Å². The molecule has 0 aromatic carbocycles. The van der Waals surface area contributed by atoms with Gasteiger partial charge >= 0.3 is 0 Å². The Morgan fingerprint density at radius 1 is 1.14 bits per heavy atom. The molecule has 22 heavy (non-hydrogen) atoms. The van der Waals surface area contributed by atoms with Gasteiger partial charge in [-0.25, -0.2) is 4.98 Å². The zero-order chi connectivity index (χ0) is 15.7. The van der Waals surface area contributed by atoms with Crippen LogP contribution in [0.3, 0.4) is 0 Å². The Kier molecular flexibility index (Phi) is 2.58. The first-order valence-electron chi connectivity index (χ1n) is 7.73. The van der Waals surface area contributed by atoms with E-state index >= 15 is 0 Å². The van der Waals surface area contributed by atoms with Crippen molar-refractivity contribution in [2.24, 2.45) is 7.05 Å². The molecule has 5 heteroatoms. The van der Waals surface area contributed by atoms with E-state index in [4.69, 9.17) is 5.73 Å². The molecule has 0 bridgehead atoms. The molecule has 4 N–H and O–H groups in total. The van der Waals surface area contributed by atoms with E-state index in [0.29, 0.717) is 5.82 Å². The number of aromatic nitrogens is 2. The number of rotatable bonds is 3. The summed E-state index contributed by atoms with van der Waals surface area (Å²) in [7, 11) is 1.88. The monoisotopic (exact) mass is 299 g/mol. The van der Waals surface area contributed by atoms with E-state index in [2.05, 4.69) is 4.98 Å². The fourth-order valence-corrected chi connectivity index (χ4v) is 3.12. The molecule has 4 rings (SSSR count). The minimum atomic E-state index is -0.762. The Morgan fingerprint density at radius 3 is 2.36 bits per heavy atom. The second-order valence-electron chi connectivity index (χ2n) is 6.81. The van der Waals surface area contributed by atoms with Gasteiger partial charge in [0, 0.05) is 12.6 Å². The number of aryl methyl sites for hydroxylation is 1. The van der Waals surface area contributed by atoms with Crippen molar-refractivity contribution in [3.63, 3.8) is 0 Å². The Hall–Kier alpha value is -1.85. The molecule has 2 fully saturated rings. The fourth-order valence-electron chi connectivity index (χ4n) is 3.12. The summed E-state index contributed by atoms with van der Waals surface area (Å²) in [5.74, 6) is 0.587. The van der Waals surface area contributed by atoms with Gasteiger partial charge in [0.05, 0.1) is 22.7 Å². The van der Waals surface area contributed by atoms with Crippen LogP contribution in [0.2, 0.25) is 0 Å². The maximum absolute atomic E-state index is 10.4. The van der Waals surface area contributed by atoms with Gasteiger partial charge in [0.1, 0.15) is 11.4 Å². The molecule has 0 atom stereocenters. The molecular weight excluding hydrogens is 278 g/mol. The number of nitrogen functional groups attached to an aromatic ring is 1. The lowest BCUT2D eigenvalue weighted by Gasteiger charge is -2.13. The van der Waals surface area contributed by atoms with Gasteiger partial charge in [-0.15, -0.1) is 0 Å². The molecule has 0 radical (unpaired) electrons. The molecule has 0 unspecified atom stereocenters. The lowest BCUT2D eigenvalue weighted by Crippen LogP contribution is -2.11. The number of nitrogens with two attached hydrogens (primary N) is 1. The highest BCUT2D eigenvalue weighted by molar-refractivity contribution is 5.66. The number of nitrogens with zero attached hydrogens (tertiary/aromatic N) is 2. The van der Waals surface area contributed by atoms with Crippen LogP contribution in [0.5, 0.6) is 0 Å². The van der Waals surface area contributed by atoms with Crippen LogP contribution in [0.4, 0.5) is 5.82 Å². The molecule has 2 heterocycles. The van der Waals surface area contributed by atoms with Crippen molar-refractivity contribution in [1.82, 2.24) is 9.55 Å². The van der Waals surface area contributed by atoms with Crippen LogP contribution >= 0.6 is 0 Å². The summed E-state index contributed by atoms with van der Waals surface area (Å²) < 4.78 is 1.87. The lowest BCUT2D eigenvalue weighted by molar-refractivity contribution is 0.146. The fraction of sp³-hybridized carbons (Fsp3) is 0.471. The molecule has 2 aromatic rings. The van der Waals surface area contributed by atoms with Crippen molar-refractivity contribution in [3.8, 4) is 11.4 Å². The van der Waals surface area contributed by atoms with Gasteiger partial charge in [0.15, 0.2) is 0 Å². The van der Waals surface area contributed by atoms with Crippen molar-refractivity contribution < 1.29 is 10.2 Å². The first-order valence-corrected chi connectivity index (χ1v) is 7.73. The van der Waals surface area contributed by atoms with E-state index in [1.807, 2.05) is 36.7 Å². The summed E-state index contributed by atoms with van der Waals surface area (Å²) in [6, 6.07) is 5.86. The Labute approximate surface area is 129 Å². The molecule has 2 aliphatic carbocycles. The van der Waals surface area contributed by atoms with Gasteiger partial charge in [0.2, 0.25) is 0 Å². The van der Waals surface area contributed by atoms with Gasteiger partial charge in [-0.3, -0.25) is 0 Å². The number of hydrogen-bond donors (Lipinski definition) is 3. The summed E-state index contributed by atoms with van der Waals surface area (Å²) in [6.45, 7) is 1.97. The molecule has 0 saturated heterocycles. The third-order valence-electron chi connectivity index (χ3n) is 5.03. The zero-order valence-electron chi connectivity index (χ0n) is 12.9. The van der Waals surface area contributed by atoms with Crippen LogP contribution in [0.1, 0.15) is 42.5 Å². The first-order chi connectivity index (χ1) is 10.3. The standard InChI is InChI=1S/C17H21N3O2/c1-10-3-4-12(19-14(10)17(22)7-8-17)13-9-11(15(18)20(13)2)16(21)5-6-16/h3-4,9,21-22H,5-8,18H2,1-2H3. The maximum Gasteiger partial charge on any atom is 0.109 e. The van der Waals surface area contributed by atoms with Crippen LogP contribution in [0, 0.1) is 6.92 Å². The van der Waals surface area contributed by atoms with Gasteiger partial charge in [-0.05, 0) is 50.3 Å². The SMILES string of the molecule is Cc1ccc(-c2cc(C3(O)CC3)c(N)n2C)nc1C1(O)CC1. The Morgan fingerprint density at radius 2 is 1.77 bits per heavy atom. The number of anilines is 1. The highest BCUT2D eigenvalue weighted by Gasteiger charge is 2.46. The van der Waals surface area contributed by atoms with Crippen molar-refractivity contribution in [3.05, 3.63) is 35.0 Å². The average molecular weight is 299 g/mol. The third-order valence-corrected chi connectivity index (χ3v) is 5.03. The normalized spacial score (nSPS) is 20.9. The molecule has 2 aromatic heterocycles. The molecule has 0 aliphatic heterocycles. The number of hydrogen-bond acceptors (Lipinski definition) is 4. The minimum absolute atomic E-state index is 0.587. The first kappa shape index (κ1) is 13.8. The largest absolute Gasteiger partial charge is 0.385 e. The molecule has 5 nitrogen and oxygen atoms in total. The molecule has 0 amide bonds. The summed E-state index contributed by atoms with van der Waals surface area (Å²) >= 11 is 0. The average Bonchev–Trinajstić information content (AvgIpc) is 3.38. The van der Waals surface area contributed by atoms with E-state index in [0.717, 1.165) is 53.9 Å². The molecular formula is C17H21N3O2. The van der Waals surface area contributed by atoms with E-state index in [1.54, 1.807) is 0 Å². The quantitative estimate of drug-likeness (QED) is 0.808. The topological polar surface area (TPSA) is 84.3 Å². The summed E-state index contributed by atoms with van der Waals surface area (Å²) in [4.78, 5) is 4.69. The van der Waals surface area contributed by atoms with Gasteiger partial charge in [-0.2, -0.15) is 0 Å². The minimum Gasteiger partial charge on any atom is -0.385 e. The summed E-state index contributed by atoms with van der Waals surface area (Å²) in [5.41, 5.74) is 8.86. The maximum atomic E-state index is 10.4. The summed E-state index contributed by atoms with van der Waals surface area (Å²) in [5, 5.41) is 20.7. The van der Waals surface area contributed by atoms with Crippen molar-refractivity contribution in [2.75, 3.05) is 5.73 Å². The van der Waals surface area contributed by atoms with Crippen LogP contribution in [-0.4, -0.2) is 19.8 Å². The van der Waals surface area contributed by atoms with Crippen LogP contribution < -0.4 is 5.73 Å². The van der Waals surface area contributed by atoms with Gasteiger partial charge in [-0.1, -0.05) is 6.07 Å². The van der Waals surface area contributed by atoms with E-state index in [-0.39, 0.29) is 0 Å². The smallest absolute Gasteiger partial charge is 0.109 e. The second kappa shape index (κ2) is 4.12. The van der Waals surface area contributed by atoms with Crippen LogP contribution in [0.25, 0.3) is 11.4 Å². The molecule has 2 aliphatic rings. The van der Waals surface area contributed by atoms with E-state index < -0.39 is 11.2 Å².